The fourth-order valence-electron chi connectivity index (χ4n) is 3.13. The van der Waals surface area contributed by atoms with Gasteiger partial charge >= 0.3 is 12.0 Å². The summed E-state index contributed by atoms with van der Waals surface area (Å²) in [6, 6.07) is 5.90. The zero-order valence-corrected chi connectivity index (χ0v) is 16.9. The van der Waals surface area contributed by atoms with Crippen molar-refractivity contribution < 1.29 is 19.5 Å². The highest BCUT2D eigenvalue weighted by molar-refractivity contribution is 5.92. The maximum Gasteiger partial charge on any atom is 0.326 e. The lowest BCUT2D eigenvalue weighted by Gasteiger charge is -2.37. The minimum Gasteiger partial charge on any atom is -0.480 e. The van der Waals surface area contributed by atoms with Crippen LogP contribution in [-0.2, 0) is 9.59 Å². The van der Waals surface area contributed by atoms with Gasteiger partial charge in [-0.25, -0.2) is 9.59 Å². The van der Waals surface area contributed by atoms with Crippen molar-refractivity contribution in [3.63, 3.8) is 0 Å². The molecule has 28 heavy (non-hydrogen) atoms. The van der Waals surface area contributed by atoms with E-state index in [0.717, 1.165) is 18.8 Å². The van der Waals surface area contributed by atoms with E-state index in [0.29, 0.717) is 18.8 Å². The molecule has 0 aliphatic carbocycles. The predicted molar refractivity (Wildman–Crippen MR) is 108 cm³/mol. The van der Waals surface area contributed by atoms with Crippen molar-refractivity contribution in [2.75, 3.05) is 36.4 Å². The lowest BCUT2D eigenvalue weighted by Crippen LogP contribution is -2.49. The van der Waals surface area contributed by atoms with Crippen molar-refractivity contribution in [2.24, 2.45) is 11.8 Å². The lowest BCUT2D eigenvalue weighted by atomic mass is 10.1. The summed E-state index contributed by atoms with van der Waals surface area (Å²) in [4.78, 5) is 39.4. The largest absolute Gasteiger partial charge is 0.480 e. The number of hydrogen-bond donors (Lipinski definition) is 3. The van der Waals surface area contributed by atoms with Crippen molar-refractivity contribution in [3.8, 4) is 0 Å². The van der Waals surface area contributed by atoms with Gasteiger partial charge in [0.25, 0.3) is 0 Å². The monoisotopic (exact) mass is 390 g/mol. The van der Waals surface area contributed by atoms with E-state index < -0.39 is 18.0 Å². The molecule has 1 heterocycles. The van der Waals surface area contributed by atoms with Gasteiger partial charge in [0.2, 0.25) is 5.91 Å². The molecular formula is C20H30N4O4. The summed E-state index contributed by atoms with van der Waals surface area (Å²) in [6.07, 6.45) is 0. The molecule has 3 N–H and O–H groups in total. The van der Waals surface area contributed by atoms with Crippen LogP contribution >= 0.6 is 0 Å². The second kappa shape index (κ2) is 9.43. The minimum atomic E-state index is -1.06. The Kier molecular flexibility index (Phi) is 7.25. The number of carboxylic acids is 1. The Balaban J connectivity index is 1.89. The number of nitrogens with one attached hydrogen (secondary N) is 2. The topological polar surface area (TPSA) is 102 Å². The molecule has 3 amide bonds. The summed E-state index contributed by atoms with van der Waals surface area (Å²) in [5.41, 5.74) is 1.61. The Labute approximate surface area is 165 Å². The first kappa shape index (κ1) is 21.5. The van der Waals surface area contributed by atoms with Gasteiger partial charge in [-0.15, -0.1) is 0 Å². The fraction of sp³-hybridized carbons (Fsp3) is 0.550. The summed E-state index contributed by atoms with van der Waals surface area (Å²) in [6.45, 7) is 10.2. The van der Waals surface area contributed by atoms with Crippen molar-refractivity contribution >= 4 is 29.3 Å². The number of benzene rings is 1. The maximum absolute atomic E-state index is 12.1. The van der Waals surface area contributed by atoms with Crippen LogP contribution in [0.1, 0.15) is 27.7 Å². The second-order valence-electron chi connectivity index (χ2n) is 7.67. The van der Waals surface area contributed by atoms with Crippen molar-refractivity contribution in [2.45, 2.75) is 33.7 Å². The van der Waals surface area contributed by atoms with Crippen LogP contribution in [0.15, 0.2) is 24.3 Å². The van der Waals surface area contributed by atoms with Crippen molar-refractivity contribution in [3.05, 3.63) is 24.3 Å². The van der Waals surface area contributed by atoms with Crippen LogP contribution in [0.4, 0.5) is 16.2 Å². The lowest BCUT2D eigenvalue weighted by molar-refractivity contribution is -0.140. The molecular weight excluding hydrogens is 360 g/mol. The number of carboxylic acid groups (broad SMARTS) is 1. The third-order valence-electron chi connectivity index (χ3n) is 4.79. The number of rotatable bonds is 6. The Morgan fingerprint density at radius 3 is 2.00 bits per heavy atom. The van der Waals surface area contributed by atoms with Gasteiger partial charge in [0, 0.05) is 43.5 Å². The summed E-state index contributed by atoms with van der Waals surface area (Å²) < 4.78 is 0. The van der Waals surface area contributed by atoms with Crippen LogP contribution in [0.2, 0.25) is 0 Å². The highest BCUT2D eigenvalue weighted by Gasteiger charge is 2.24. The Hall–Kier alpha value is -2.77. The number of nitrogens with zero attached hydrogens (tertiary/aromatic N) is 2. The molecule has 0 aromatic heterocycles. The van der Waals surface area contributed by atoms with Crippen LogP contribution in [0.25, 0.3) is 0 Å². The van der Waals surface area contributed by atoms with E-state index in [4.69, 9.17) is 5.11 Å². The molecule has 1 atom stereocenters. The molecule has 1 aliphatic heterocycles. The van der Waals surface area contributed by atoms with Gasteiger partial charge in [0.1, 0.15) is 6.04 Å². The number of piperazine rings is 1. The normalized spacial score (nSPS) is 15.5. The van der Waals surface area contributed by atoms with Gasteiger partial charge in [0.05, 0.1) is 0 Å². The van der Waals surface area contributed by atoms with E-state index in [1.165, 1.54) is 0 Å². The molecule has 1 aromatic carbocycles. The highest BCUT2D eigenvalue weighted by atomic mass is 16.4. The zero-order valence-electron chi connectivity index (χ0n) is 16.9. The van der Waals surface area contributed by atoms with E-state index in [-0.39, 0.29) is 17.7 Å². The van der Waals surface area contributed by atoms with Crippen LogP contribution < -0.4 is 15.5 Å². The van der Waals surface area contributed by atoms with E-state index in [1.54, 1.807) is 26.0 Å². The smallest absolute Gasteiger partial charge is 0.326 e. The van der Waals surface area contributed by atoms with E-state index in [1.807, 2.05) is 30.9 Å². The average Bonchev–Trinajstić information content (AvgIpc) is 2.65. The van der Waals surface area contributed by atoms with Crippen molar-refractivity contribution in [1.29, 1.82) is 0 Å². The number of anilines is 2. The standard InChI is InChI=1S/C20H30N4O4/c1-13(2)17(19(26)27)22-20(28)21-15-5-7-16(8-6-15)23-9-11-24(12-10-23)18(25)14(3)4/h5-8,13-14,17H,9-12H2,1-4H3,(H,26,27)(H2,21,22,28). The number of hydrogen-bond acceptors (Lipinski definition) is 4. The zero-order chi connectivity index (χ0) is 20.8. The van der Waals surface area contributed by atoms with Gasteiger partial charge < -0.3 is 25.5 Å². The van der Waals surface area contributed by atoms with Crippen LogP contribution in [-0.4, -0.2) is 60.1 Å². The van der Waals surface area contributed by atoms with E-state index >= 15 is 0 Å². The maximum atomic E-state index is 12.1. The van der Waals surface area contributed by atoms with Crippen LogP contribution in [0.3, 0.4) is 0 Å². The number of aliphatic carboxylic acids is 1. The van der Waals surface area contributed by atoms with Gasteiger partial charge in [0.15, 0.2) is 0 Å². The molecule has 0 spiro atoms. The molecule has 8 nitrogen and oxygen atoms in total. The van der Waals surface area contributed by atoms with Crippen LogP contribution in [0.5, 0.6) is 0 Å². The van der Waals surface area contributed by atoms with Crippen molar-refractivity contribution in [1.82, 2.24) is 10.2 Å². The van der Waals surface area contributed by atoms with E-state index in [9.17, 15) is 14.4 Å². The summed E-state index contributed by atoms with van der Waals surface area (Å²) in [5.74, 6) is -1.08. The molecule has 1 aliphatic rings. The molecule has 8 heteroatoms. The van der Waals surface area contributed by atoms with Gasteiger partial charge in [-0.2, -0.15) is 0 Å². The first-order valence-corrected chi connectivity index (χ1v) is 9.63. The van der Waals surface area contributed by atoms with Gasteiger partial charge in [-0.3, -0.25) is 4.79 Å². The number of urea groups is 1. The number of amides is 3. The first-order chi connectivity index (χ1) is 13.2. The molecule has 1 aromatic rings. The van der Waals surface area contributed by atoms with Gasteiger partial charge in [-0.1, -0.05) is 27.7 Å². The summed E-state index contributed by atoms with van der Waals surface area (Å²) in [7, 11) is 0. The molecule has 154 valence electrons. The fourth-order valence-corrected chi connectivity index (χ4v) is 3.13. The first-order valence-electron chi connectivity index (χ1n) is 9.63. The number of carbonyl (C=O) groups is 3. The number of carbonyl (C=O) groups excluding carboxylic acids is 2. The summed E-state index contributed by atoms with van der Waals surface area (Å²) in [5, 5.41) is 14.3. The Morgan fingerprint density at radius 1 is 0.964 bits per heavy atom. The van der Waals surface area contributed by atoms with Crippen LogP contribution in [0, 0.1) is 11.8 Å². The molecule has 0 saturated carbocycles. The molecule has 2 rings (SSSR count). The molecule has 0 bridgehead atoms. The minimum absolute atomic E-state index is 0.0134. The average molecular weight is 390 g/mol. The Bertz CT molecular complexity index is 695. The molecule has 0 radical (unpaired) electrons. The Morgan fingerprint density at radius 2 is 1.54 bits per heavy atom. The second-order valence-corrected chi connectivity index (χ2v) is 7.67. The highest BCUT2D eigenvalue weighted by Crippen LogP contribution is 2.20. The molecule has 1 saturated heterocycles. The molecule has 1 unspecified atom stereocenters. The third kappa shape index (κ3) is 5.61. The summed E-state index contributed by atoms with van der Waals surface area (Å²) >= 11 is 0. The molecule has 1 fully saturated rings. The third-order valence-corrected chi connectivity index (χ3v) is 4.79. The predicted octanol–water partition coefficient (Wildman–Crippen LogP) is 2.22. The van der Waals surface area contributed by atoms with E-state index in [2.05, 4.69) is 15.5 Å². The van der Waals surface area contributed by atoms with Gasteiger partial charge in [-0.05, 0) is 30.2 Å². The SMILES string of the molecule is CC(C)C(=O)N1CCN(c2ccc(NC(=O)NC(C(=O)O)C(C)C)cc2)CC1. The quantitative estimate of drug-likeness (QED) is 0.691.